The number of halogens is 1. The van der Waals surface area contributed by atoms with Crippen molar-refractivity contribution in [3.05, 3.63) is 64.2 Å². The topological polar surface area (TPSA) is 35.5 Å². The third-order valence-electron chi connectivity index (χ3n) is 2.89. The summed E-state index contributed by atoms with van der Waals surface area (Å²) in [5.41, 5.74) is 2.33. The first-order chi connectivity index (χ1) is 9.60. The number of carbonyl (C=O) groups excluding carboxylic acids is 1. The summed E-state index contributed by atoms with van der Waals surface area (Å²) in [6, 6.07) is 12.8. The van der Waals surface area contributed by atoms with E-state index in [1.807, 2.05) is 31.2 Å². The largest absolute Gasteiger partial charge is 0.489 e. The Balaban J connectivity index is 2.16. The molecule has 0 atom stereocenters. The summed E-state index contributed by atoms with van der Waals surface area (Å²) < 4.78 is 10.4. The third kappa shape index (κ3) is 3.52. The molecule has 0 fully saturated rings. The molecular formula is C16H15ClO3. The van der Waals surface area contributed by atoms with Gasteiger partial charge in [-0.3, -0.25) is 0 Å². The zero-order valence-electron chi connectivity index (χ0n) is 11.4. The number of esters is 1. The van der Waals surface area contributed by atoms with Crippen LogP contribution in [0.25, 0.3) is 0 Å². The Bertz CT molecular complexity index is 606. The Morgan fingerprint density at radius 2 is 1.85 bits per heavy atom. The van der Waals surface area contributed by atoms with Gasteiger partial charge in [0.1, 0.15) is 12.4 Å². The van der Waals surface area contributed by atoms with E-state index in [0.717, 1.165) is 11.3 Å². The maximum absolute atomic E-state index is 11.7. The second kappa shape index (κ2) is 6.44. The van der Waals surface area contributed by atoms with E-state index in [1.54, 1.807) is 18.2 Å². The summed E-state index contributed by atoms with van der Waals surface area (Å²) >= 11 is 5.90. The van der Waals surface area contributed by atoms with Gasteiger partial charge in [0.05, 0.1) is 12.7 Å². The van der Waals surface area contributed by atoms with Gasteiger partial charge in [0.25, 0.3) is 0 Å². The van der Waals surface area contributed by atoms with E-state index in [0.29, 0.717) is 10.6 Å². The summed E-state index contributed by atoms with van der Waals surface area (Å²) in [7, 11) is 1.34. The minimum Gasteiger partial charge on any atom is -0.489 e. The standard InChI is InChI=1S/C16H15ClO3/c1-11-3-7-14(8-4-11)20-10-12-5-6-13(17)9-15(12)16(18)19-2/h3-9H,10H2,1-2H3. The predicted octanol–water partition coefficient (Wildman–Crippen LogP) is 4.01. The van der Waals surface area contributed by atoms with Gasteiger partial charge in [-0.05, 0) is 31.2 Å². The van der Waals surface area contributed by atoms with Crippen molar-refractivity contribution in [1.82, 2.24) is 0 Å². The molecule has 0 spiro atoms. The van der Waals surface area contributed by atoms with Crippen LogP contribution in [0.4, 0.5) is 0 Å². The first-order valence-corrected chi connectivity index (χ1v) is 6.54. The van der Waals surface area contributed by atoms with E-state index in [1.165, 1.54) is 12.7 Å². The van der Waals surface area contributed by atoms with E-state index in [2.05, 4.69) is 0 Å². The molecule has 2 aromatic carbocycles. The molecule has 0 N–H and O–H groups in total. The van der Waals surface area contributed by atoms with Crippen molar-refractivity contribution in [2.24, 2.45) is 0 Å². The molecule has 0 radical (unpaired) electrons. The molecule has 104 valence electrons. The molecule has 0 bridgehead atoms. The van der Waals surface area contributed by atoms with Gasteiger partial charge in [-0.1, -0.05) is 35.4 Å². The summed E-state index contributed by atoms with van der Waals surface area (Å²) in [6.07, 6.45) is 0. The highest BCUT2D eigenvalue weighted by molar-refractivity contribution is 6.31. The number of hydrogen-bond donors (Lipinski definition) is 0. The lowest BCUT2D eigenvalue weighted by atomic mass is 10.1. The number of aryl methyl sites for hydroxylation is 1. The normalized spacial score (nSPS) is 10.2. The fourth-order valence-corrected chi connectivity index (χ4v) is 1.94. The minimum absolute atomic E-state index is 0.282. The van der Waals surface area contributed by atoms with Gasteiger partial charge >= 0.3 is 5.97 Å². The van der Waals surface area contributed by atoms with Gasteiger partial charge in [-0.2, -0.15) is 0 Å². The highest BCUT2D eigenvalue weighted by Crippen LogP contribution is 2.20. The molecule has 0 saturated heterocycles. The highest BCUT2D eigenvalue weighted by Gasteiger charge is 2.13. The fraction of sp³-hybridized carbons (Fsp3) is 0.188. The van der Waals surface area contributed by atoms with Gasteiger partial charge in [-0.15, -0.1) is 0 Å². The maximum Gasteiger partial charge on any atom is 0.338 e. The molecule has 4 heteroatoms. The van der Waals surface area contributed by atoms with Crippen LogP contribution in [0.5, 0.6) is 5.75 Å². The highest BCUT2D eigenvalue weighted by atomic mass is 35.5. The summed E-state index contributed by atoms with van der Waals surface area (Å²) in [6.45, 7) is 2.29. The molecule has 3 nitrogen and oxygen atoms in total. The van der Waals surface area contributed by atoms with E-state index in [4.69, 9.17) is 21.1 Å². The molecule has 0 aromatic heterocycles. The lowest BCUT2D eigenvalue weighted by molar-refractivity contribution is 0.0597. The average molecular weight is 291 g/mol. The lowest BCUT2D eigenvalue weighted by Gasteiger charge is -2.10. The monoisotopic (exact) mass is 290 g/mol. The van der Waals surface area contributed by atoms with Crippen molar-refractivity contribution >= 4 is 17.6 Å². The molecule has 20 heavy (non-hydrogen) atoms. The zero-order chi connectivity index (χ0) is 14.5. The van der Waals surface area contributed by atoms with E-state index < -0.39 is 5.97 Å². The van der Waals surface area contributed by atoms with Crippen LogP contribution >= 0.6 is 11.6 Å². The van der Waals surface area contributed by atoms with Crippen molar-refractivity contribution in [3.63, 3.8) is 0 Å². The summed E-state index contributed by atoms with van der Waals surface area (Å²) in [4.78, 5) is 11.7. The van der Waals surface area contributed by atoms with Crippen LogP contribution in [0.15, 0.2) is 42.5 Å². The fourth-order valence-electron chi connectivity index (χ4n) is 1.77. The number of benzene rings is 2. The number of rotatable bonds is 4. The van der Waals surface area contributed by atoms with Crippen molar-refractivity contribution in [1.29, 1.82) is 0 Å². The van der Waals surface area contributed by atoms with Gasteiger partial charge in [0.15, 0.2) is 0 Å². The Kier molecular flexibility index (Phi) is 4.64. The Labute approximate surface area is 123 Å². The van der Waals surface area contributed by atoms with Crippen LogP contribution in [0.2, 0.25) is 5.02 Å². The Morgan fingerprint density at radius 1 is 1.15 bits per heavy atom. The SMILES string of the molecule is COC(=O)c1cc(Cl)ccc1COc1ccc(C)cc1. The predicted molar refractivity (Wildman–Crippen MR) is 78.3 cm³/mol. The number of hydrogen-bond acceptors (Lipinski definition) is 3. The van der Waals surface area contributed by atoms with Crippen molar-refractivity contribution < 1.29 is 14.3 Å². The van der Waals surface area contributed by atoms with E-state index in [9.17, 15) is 4.79 Å². The molecule has 0 amide bonds. The molecule has 0 heterocycles. The summed E-state index contributed by atoms with van der Waals surface area (Å²) in [5, 5.41) is 0.490. The number of carbonyl (C=O) groups is 1. The lowest BCUT2D eigenvalue weighted by Crippen LogP contribution is -2.08. The molecular weight excluding hydrogens is 276 g/mol. The van der Waals surface area contributed by atoms with Crippen LogP contribution in [0, 0.1) is 6.92 Å². The van der Waals surface area contributed by atoms with Gasteiger partial charge in [0.2, 0.25) is 0 Å². The van der Waals surface area contributed by atoms with E-state index >= 15 is 0 Å². The molecule has 2 aromatic rings. The zero-order valence-corrected chi connectivity index (χ0v) is 12.1. The first kappa shape index (κ1) is 14.4. The minimum atomic E-state index is -0.421. The number of methoxy groups -OCH3 is 1. The summed E-state index contributed by atoms with van der Waals surface area (Å²) in [5.74, 6) is 0.330. The molecule has 0 aliphatic heterocycles. The smallest absolute Gasteiger partial charge is 0.338 e. The second-order valence-electron chi connectivity index (χ2n) is 4.39. The number of ether oxygens (including phenoxy) is 2. The third-order valence-corrected chi connectivity index (χ3v) is 3.13. The van der Waals surface area contributed by atoms with Crippen molar-refractivity contribution in [2.45, 2.75) is 13.5 Å². The molecule has 2 rings (SSSR count). The quantitative estimate of drug-likeness (QED) is 0.798. The van der Waals surface area contributed by atoms with Crippen LogP contribution in [0.1, 0.15) is 21.5 Å². The molecule has 0 unspecified atom stereocenters. The Hall–Kier alpha value is -2.00. The first-order valence-electron chi connectivity index (χ1n) is 6.16. The van der Waals surface area contributed by atoms with Gasteiger partial charge in [-0.25, -0.2) is 4.79 Å². The van der Waals surface area contributed by atoms with Gasteiger partial charge in [0, 0.05) is 10.6 Å². The Morgan fingerprint density at radius 3 is 2.50 bits per heavy atom. The van der Waals surface area contributed by atoms with Crippen LogP contribution in [-0.2, 0) is 11.3 Å². The molecule has 0 aliphatic carbocycles. The van der Waals surface area contributed by atoms with Crippen molar-refractivity contribution in [3.8, 4) is 5.75 Å². The second-order valence-corrected chi connectivity index (χ2v) is 4.83. The average Bonchev–Trinajstić information content (AvgIpc) is 2.46. The van der Waals surface area contributed by atoms with Crippen molar-refractivity contribution in [2.75, 3.05) is 7.11 Å². The van der Waals surface area contributed by atoms with E-state index in [-0.39, 0.29) is 6.61 Å². The maximum atomic E-state index is 11.7. The van der Waals surface area contributed by atoms with Crippen LogP contribution in [0.3, 0.4) is 0 Å². The molecule has 0 aliphatic rings. The molecule has 0 saturated carbocycles. The van der Waals surface area contributed by atoms with Crippen LogP contribution < -0.4 is 4.74 Å². The van der Waals surface area contributed by atoms with Gasteiger partial charge < -0.3 is 9.47 Å². The van der Waals surface area contributed by atoms with Crippen LogP contribution in [-0.4, -0.2) is 13.1 Å².